The zero-order valence-electron chi connectivity index (χ0n) is 16.3. The lowest BCUT2D eigenvalue weighted by molar-refractivity contribution is -0.000653. The van der Waals surface area contributed by atoms with Gasteiger partial charge in [-0.05, 0) is 51.8 Å². The molecular weight excluding hydrogens is 330 g/mol. The van der Waals surface area contributed by atoms with Crippen molar-refractivity contribution in [1.29, 1.82) is 0 Å². The van der Waals surface area contributed by atoms with Gasteiger partial charge in [-0.1, -0.05) is 0 Å². The lowest BCUT2D eigenvalue weighted by Crippen LogP contribution is -2.48. The van der Waals surface area contributed by atoms with E-state index in [1.807, 2.05) is 25.9 Å². The van der Waals surface area contributed by atoms with Crippen molar-refractivity contribution in [2.24, 2.45) is 5.41 Å². The first-order valence-corrected chi connectivity index (χ1v) is 9.59. The third-order valence-electron chi connectivity index (χ3n) is 5.41. The standard InChI is InChI=1S/C19H31N5O2/c1-15-12-16(22-18(21-15)23(2)3)17(25)20-13-19(6-10-26-11-7-19)14-24-8-4-5-9-24/h12H,4-11,13-14H2,1-3H3,(H,20,25). The van der Waals surface area contributed by atoms with Crippen LogP contribution in [0.15, 0.2) is 6.07 Å². The van der Waals surface area contributed by atoms with E-state index in [-0.39, 0.29) is 11.3 Å². The molecule has 7 heteroatoms. The Morgan fingerprint density at radius 3 is 2.62 bits per heavy atom. The third-order valence-corrected chi connectivity index (χ3v) is 5.41. The fourth-order valence-electron chi connectivity index (χ4n) is 3.84. The summed E-state index contributed by atoms with van der Waals surface area (Å²) in [5.74, 6) is 0.443. The summed E-state index contributed by atoms with van der Waals surface area (Å²) in [5, 5.41) is 3.15. The van der Waals surface area contributed by atoms with Crippen molar-refractivity contribution in [2.75, 3.05) is 58.4 Å². The molecule has 2 aliphatic rings. The number of aryl methyl sites for hydroxylation is 1. The highest BCUT2D eigenvalue weighted by Crippen LogP contribution is 2.32. The van der Waals surface area contributed by atoms with Gasteiger partial charge in [0, 0.05) is 51.5 Å². The topological polar surface area (TPSA) is 70.6 Å². The van der Waals surface area contributed by atoms with Crippen LogP contribution in [0.1, 0.15) is 41.9 Å². The molecule has 0 saturated carbocycles. The number of ether oxygens (including phenoxy) is 1. The maximum atomic E-state index is 12.7. The summed E-state index contributed by atoms with van der Waals surface area (Å²) in [7, 11) is 3.76. The smallest absolute Gasteiger partial charge is 0.270 e. The monoisotopic (exact) mass is 361 g/mol. The van der Waals surface area contributed by atoms with Crippen LogP contribution in [-0.2, 0) is 4.74 Å². The van der Waals surface area contributed by atoms with Crippen LogP contribution < -0.4 is 10.2 Å². The predicted molar refractivity (Wildman–Crippen MR) is 102 cm³/mol. The minimum Gasteiger partial charge on any atom is -0.381 e. The van der Waals surface area contributed by atoms with E-state index >= 15 is 0 Å². The van der Waals surface area contributed by atoms with Gasteiger partial charge in [0.2, 0.25) is 5.95 Å². The van der Waals surface area contributed by atoms with E-state index in [4.69, 9.17) is 4.74 Å². The first kappa shape index (κ1) is 19.0. The van der Waals surface area contributed by atoms with Crippen LogP contribution in [0.3, 0.4) is 0 Å². The van der Waals surface area contributed by atoms with Crippen molar-refractivity contribution in [3.05, 3.63) is 17.5 Å². The predicted octanol–water partition coefficient (Wildman–Crippen LogP) is 1.47. The number of anilines is 1. The van der Waals surface area contributed by atoms with Crippen LogP contribution in [0.25, 0.3) is 0 Å². The molecule has 0 spiro atoms. The Morgan fingerprint density at radius 2 is 1.96 bits per heavy atom. The van der Waals surface area contributed by atoms with Gasteiger partial charge in [0.15, 0.2) is 0 Å². The molecule has 1 aromatic rings. The minimum absolute atomic E-state index is 0.102. The maximum Gasteiger partial charge on any atom is 0.270 e. The zero-order chi connectivity index (χ0) is 18.6. The van der Waals surface area contributed by atoms with Gasteiger partial charge in [0.1, 0.15) is 5.69 Å². The number of carbonyl (C=O) groups excluding carboxylic acids is 1. The van der Waals surface area contributed by atoms with E-state index < -0.39 is 0 Å². The summed E-state index contributed by atoms with van der Waals surface area (Å²) in [6.45, 7) is 7.51. The summed E-state index contributed by atoms with van der Waals surface area (Å²) in [4.78, 5) is 25.8. The highest BCUT2D eigenvalue weighted by Gasteiger charge is 2.35. The molecule has 0 bridgehead atoms. The molecule has 0 radical (unpaired) electrons. The van der Waals surface area contributed by atoms with Crippen LogP contribution in [0.2, 0.25) is 0 Å². The number of carbonyl (C=O) groups is 1. The van der Waals surface area contributed by atoms with Gasteiger partial charge in [-0.15, -0.1) is 0 Å². The van der Waals surface area contributed by atoms with Crippen LogP contribution in [0.4, 0.5) is 5.95 Å². The molecule has 0 aliphatic carbocycles. The molecule has 1 N–H and O–H groups in total. The van der Waals surface area contributed by atoms with E-state index in [1.54, 1.807) is 6.07 Å². The number of hydrogen-bond acceptors (Lipinski definition) is 6. The molecule has 3 rings (SSSR count). The molecule has 144 valence electrons. The molecular formula is C19H31N5O2. The molecule has 26 heavy (non-hydrogen) atoms. The number of aromatic nitrogens is 2. The van der Waals surface area contributed by atoms with Crippen molar-refractivity contribution >= 4 is 11.9 Å². The molecule has 2 aliphatic heterocycles. The average Bonchev–Trinajstić information content (AvgIpc) is 3.12. The number of likely N-dealkylation sites (tertiary alicyclic amines) is 1. The minimum atomic E-state index is -0.120. The molecule has 2 saturated heterocycles. The first-order valence-electron chi connectivity index (χ1n) is 9.59. The van der Waals surface area contributed by atoms with Gasteiger partial charge >= 0.3 is 0 Å². The highest BCUT2D eigenvalue weighted by molar-refractivity contribution is 5.92. The number of amides is 1. The Kier molecular flexibility index (Phi) is 6.09. The molecule has 0 aromatic carbocycles. The zero-order valence-corrected chi connectivity index (χ0v) is 16.3. The van der Waals surface area contributed by atoms with Gasteiger partial charge in [-0.2, -0.15) is 0 Å². The Balaban J connectivity index is 1.67. The van der Waals surface area contributed by atoms with E-state index in [2.05, 4.69) is 20.2 Å². The van der Waals surface area contributed by atoms with Crippen LogP contribution in [-0.4, -0.2) is 74.3 Å². The highest BCUT2D eigenvalue weighted by atomic mass is 16.5. The molecule has 2 fully saturated rings. The lowest BCUT2D eigenvalue weighted by Gasteiger charge is -2.40. The molecule has 7 nitrogen and oxygen atoms in total. The van der Waals surface area contributed by atoms with E-state index in [9.17, 15) is 4.79 Å². The van der Waals surface area contributed by atoms with Crippen LogP contribution in [0, 0.1) is 12.3 Å². The summed E-state index contributed by atoms with van der Waals surface area (Å²) in [6, 6.07) is 1.75. The molecule has 0 atom stereocenters. The SMILES string of the molecule is Cc1cc(C(=O)NCC2(CN3CCCC3)CCOCC2)nc(N(C)C)n1. The second kappa shape index (κ2) is 8.31. The number of hydrogen-bond donors (Lipinski definition) is 1. The second-order valence-corrected chi connectivity index (χ2v) is 7.87. The Morgan fingerprint density at radius 1 is 1.27 bits per heavy atom. The van der Waals surface area contributed by atoms with Crippen molar-refractivity contribution < 1.29 is 9.53 Å². The van der Waals surface area contributed by atoms with Gasteiger partial charge in [-0.25, -0.2) is 9.97 Å². The third kappa shape index (κ3) is 4.71. The van der Waals surface area contributed by atoms with Crippen LogP contribution >= 0.6 is 0 Å². The Bertz CT molecular complexity index is 622. The quantitative estimate of drug-likeness (QED) is 0.827. The molecule has 1 amide bonds. The Hall–Kier alpha value is -1.73. The summed E-state index contributed by atoms with van der Waals surface area (Å²) in [5.41, 5.74) is 1.33. The Labute approximate surface area is 156 Å². The maximum absolute atomic E-state index is 12.7. The summed E-state index contributed by atoms with van der Waals surface area (Å²) >= 11 is 0. The van der Waals surface area contributed by atoms with Crippen molar-refractivity contribution in [3.63, 3.8) is 0 Å². The van der Waals surface area contributed by atoms with Gasteiger partial charge < -0.3 is 19.9 Å². The van der Waals surface area contributed by atoms with Crippen molar-refractivity contribution in [2.45, 2.75) is 32.6 Å². The average molecular weight is 361 g/mol. The number of rotatable bonds is 6. The lowest BCUT2D eigenvalue weighted by atomic mass is 9.79. The van der Waals surface area contributed by atoms with E-state index in [0.717, 1.165) is 38.3 Å². The summed E-state index contributed by atoms with van der Waals surface area (Å²) < 4.78 is 5.58. The van der Waals surface area contributed by atoms with E-state index in [0.29, 0.717) is 18.2 Å². The molecule has 3 heterocycles. The van der Waals surface area contributed by atoms with Crippen molar-refractivity contribution in [1.82, 2.24) is 20.2 Å². The van der Waals surface area contributed by atoms with Gasteiger partial charge in [0.25, 0.3) is 5.91 Å². The summed E-state index contributed by atoms with van der Waals surface area (Å²) in [6.07, 6.45) is 4.56. The second-order valence-electron chi connectivity index (χ2n) is 7.87. The number of nitrogens with zero attached hydrogens (tertiary/aromatic N) is 4. The molecule has 1 aromatic heterocycles. The molecule has 0 unspecified atom stereocenters. The first-order chi connectivity index (χ1) is 12.5. The fraction of sp³-hybridized carbons (Fsp3) is 0.737. The van der Waals surface area contributed by atoms with E-state index in [1.165, 1.54) is 25.9 Å². The normalized spacial score (nSPS) is 20.1. The fourth-order valence-corrected chi connectivity index (χ4v) is 3.84. The van der Waals surface area contributed by atoms with Crippen molar-refractivity contribution in [3.8, 4) is 0 Å². The van der Waals surface area contributed by atoms with Gasteiger partial charge in [0.05, 0.1) is 0 Å². The largest absolute Gasteiger partial charge is 0.381 e. The van der Waals surface area contributed by atoms with Gasteiger partial charge in [-0.3, -0.25) is 4.79 Å². The number of nitrogens with one attached hydrogen (secondary N) is 1. The van der Waals surface area contributed by atoms with Crippen LogP contribution in [0.5, 0.6) is 0 Å².